The third-order valence-electron chi connectivity index (χ3n) is 1.93. The van der Waals surface area contributed by atoms with Crippen molar-refractivity contribution in [3.05, 3.63) is 5.28 Å². The normalized spacial score (nSPS) is 12.2. The molecule has 2 N–H and O–H groups in total. The lowest BCUT2D eigenvalue weighted by atomic mass is 10.4. The van der Waals surface area contributed by atoms with Gasteiger partial charge in [0, 0.05) is 18.3 Å². The van der Waals surface area contributed by atoms with Gasteiger partial charge in [0.15, 0.2) is 0 Å². The minimum Gasteiger partial charge on any atom is -0.354 e. The van der Waals surface area contributed by atoms with E-state index < -0.39 is 0 Å². The van der Waals surface area contributed by atoms with Crippen LogP contribution < -0.4 is 10.6 Å². The van der Waals surface area contributed by atoms with Crippen molar-refractivity contribution in [1.29, 1.82) is 0 Å². The first-order valence-corrected chi connectivity index (χ1v) is 7.33. The first-order chi connectivity index (χ1) is 8.15. The van der Waals surface area contributed by atoms with Gasteiger partial charge >= 0.3 is 0 Å². The van der Waals surface area contributed by atoms with Gasteiger partial charge in [-0.1, -0.05) is 6.92 Å². The topological polar surface area (TPSA) is 62.7 Å². The lowest BCUT2D eigenvalue weighted by molar-refractivity contribution is 0.873. The number of thioether (sulfide) groups is 1. The zero-order valence-electron chi connectivity index (χ0n) is 10.3. The van der Waals surface area contributed by atoms with E-state index in [2.05, 4.69) is 45.7 Å². The van der Waals surface area contributed by atoms with Crippen LogP contribution in [-0.2, 0) is 0 Å². The van der Waals surface area contributed by atoms with Crippen LogP contribution in [0.2, 0.25) is 5.28 Å². The fourth-order valence-electron chi connectivity index (χ4n) is 1.24. The van der Waals surface area contributed by atoms with Crippen molar-refractivity contribution in [3.63, 3.8) is 0 Å². The number of nitrogens with zero attached hydrogens (tertiary/aromatic N) is 3. The molecule has 1 unspecified atom stereocenters. The summed E-state index contributed by atoms with van der Waals surface area (Å²) in [5, 5.41) is 6.49. The van der Waals surface area contributed by atoms with Crippen LogP contribution in [0.15, 0.2) is 0 Å². The van der Waals surface area contributed by atoms with Gasteiger partial charge < -0.3 is 10.6 Å². The number of nitrogens with one attached hydrogen (secondary N) is 2. The maximum absolute atomic E-state index is 5.84. The third-order valence-corrected chi connectivity index (χ3v) is 2.94. The van der Waals surface area contributed by atoms with Crippen molar-refractivity contribution in [3.8, 4) is 0 Å². The highest BCUT2D eigenvalue weighted by atomic mass is 35.5. The maximum atomic E-state index is 5.84. The van der Waals surface area contributed by atoms with Crippen molar-refractivity contribution >= 4 is 35.3 Å². The van der Waals surface area contributed by atoms with Crippen LogP contribution in [0.5, 0.6) is 0 Å². The Hall–Kier alpha value is -0.750. The smallest absolute Gasteiger partial charge is 0.229 e. The van der Waals surface area contributed by atoms with Gasteiger partial charge in [-0.25, -0.2) is 0 Å². The molecule has 0 saturated carbocycles. The zero-order chi connectivity index (χ0) is 12.7. The summed E-state index contributed by atoms with van der Waals surface area (Å²) in [4.78, 5) is 12.3. The van der Waals surface area contributed by atoms with Gasteiger partial charge in [-0.05, 0) is 31.2 Å². The number of aromatic nitrogens is 3. The Morgan fingerprint density at radius 3 is 2.65 bits per heavy atom. The van der Waals surface area contributed by atoms with Crippen LogP contribution in [0.4, 0.5) is 11.9 Å². The van der Waals surface area contributed by atoms with Crippen LogP contribution in [0.25, 0.3) is 0 Å². The largest absolute Gasteiger partial charge is 0.354 e. The summed E-state index contributed by atoms with van der Waals surface area (Å²) in [7, 11) is 0. The zero-order valence-corrected chi connectivity index (χ0v) is 11.9. The molecule has 0 fully saturated rings. The highest BCUT2D eigenvalue weighted by molar-refractivity contribution is 7.98. The van der Waals surface area contributed by atoms with Crippen LogP contribution in [0.3, 0.4) is 0 Å². The van der Waals surface area contributed by atoms with Crippen LogP contribution in [0.1, 0.15) is 20.3 Å². The molecule has 17 heavy (non-hydrogen) atoms. The van der Waals surface area contributed by atoms with Crippen molar-refractivity contribution in [2.75, 3.05) is 29.2 Å². The van der Waals surface area contributed by atoms with Gasteiger partial charge in [-0.15, -0.1) is 0 Å². The molecule has 0 radical (unpaired) electrons. The molecular weight excluding hydrogens is 258 g/mol. The minimum atomic E-state index is 0.206. The quantitative estimate of drug-likeness (QED) is 0.797. The van der Waals surface area contributed by atoms with Gasteiger partial charge in [-0.2, -0.15) is 26.7 Å². The Morgan fingerprint density at radius 1 is 1.29 bits per heavy atom. The SMILES string of the molecule is CCCNc1nc(Cl)nc(NC(C)CSC)n1. The molecule has 0 saturated heterocycles. The summed E-state index contributed by atoms with van der Waals surface area (Å²) in [5.74, 6) is 2.02. The standard InChI is InChI=1S/C10H18ClN5S/c1-4-5-12-9-14-8(11)15-10(16-9)13-7(2)6-17-3/h7H,4-6H2,1-3H3,(H2,12,13,14,15,16). The van der Waals surface area contributed by atoms with Gasteiger partial charge in [0.2, 0.25) is 17.2 Å². The number of hydrogen-bond acceptors (Lipinski definition) is 6. The molecule has 1 heterocycles. The molecule has 1 aromatic rings. The lowest BCUT2D eigenvalue weighted by Crippen LogP contribution is -2.20. The van der Waals surface area contributed by atoms with E-state index in [-0.39, 0.29) is 5.28 Å². The van der Waals surface area contributed by atoms with E-state index in [9.17, 15) is 0 Å². The summed E-state index contributed by atoms with van der Waals surface area (Å²) in [6.45, 7) is 4.98. The molecule has 7 heteroatoms. The van der Waals surface area contributed by atoms with Gasteiger partial charge in [0.1, 0.15) is 0 Å². The highest BCUT2D eigenvalue weighted by Crippen LogP contribution is 2.11. The van der Waals surface area contributed by atoms with Crippen molar-refractivity contribution in [1.82, 2.24) is 15.0 Å². The fraction of sp³-hybridized carbons (Fsp3) is 0.700. The molecule has 1 atom stereocenters. The molecule has 1 rings (SSSR count). The molecule has 0 aromatic carbocycles. The van der Waals surface area contributed by atoms with Crippen molar-refractivity contribution in [2.24, 2.45) is 0 Å². The predicted octanol–water partition coefficient (Wildman–Crippen LogP) is 2.51. The Labute approximate surface area is 111 Å². The number of halogens is 1. The van der Waals surface area contributed by atoms with Crippen molar-refractivity contribution < 1.29 is 0 Å². The molecule has 0 spiro atoms. The minimum absolute atomic E-state index is 0.206. The molecule has 0 bridgehead atoms. The Balaban J connectivity index is 2.67. The van der Waals surface area contributed by atoms with Crippen LogP contribution >= 0.6 is 23.4 Å². The molecule has 0 amide bonds. The van der Waals surface area contributed by atoms with Crippen molar-refractivity contribution in [2.45, 2.75) is 26.3 Å². The fourth-order valence-corrected chi connectivity index (χ4v) is 1.99. The van der Waals surface area contributed by atoms with E-state index >= 15 is 0 Å². The molecule has 0 aliphatic heterocycles. The highest BCUT2D eigenvalue weighted by Gasteiger charge is 2.07. The molecule has 5 nitrogen and oxygen atoms in total. The first-order valence-electron chi connectivity index (χ1n) is 5.56. The second kappa shape index (κ2) is 7.55. The summed E-state index contributed by atoms with van der Waals surface area (Å²) in [6, 6.07) is 0.294. The number of hydrogen-bond donors (Lipinski definition) is 2. The molecule has 96 valence electrons. The molecule has 0 aliphatic carbocycles. The summed E-state index contributed by atoms with van der Waals surface area (Å²) in [6.07, 6.45) is 3.07. The average molecular weight is 276 g/mol. The van der Waals surface area contributed by atoms with E-state index in [0.717, 1.165) is 18.7 Å². The predicted molar refractivity (Wildman–Crippen MR) is 75.1 cm³/mol. The third kappa shape index (κ3) is 5.41. The molecule has 1 aromatic heterocycles. The Bertz CT molecular complexity index is 349. The maximum Gasteiger partial charge on any atom is 0.229 e. The Morgan fingerprint density at radius 2 is 2.00 bits per heavy atom. The van der Waals surface area contributed by atoms with Crippen LogP contribution in [-0.4, -0.2) is 39.5 Å². The second-order valence-electron chi connectivity index (χ2n) is 3.68. The summed E-state index contributed by atoms with van der Waals surface area (Å²) < 4.78 is 0. The molecule has 0 aliphatic rings. The van der Waals surface area contributed by atoms with Gasteiger partial charge in [0.05, 0.1) is 0 Å². The Kier molecular flexibility index (Phi) is 6.36. The van der Waals surface area contributed by atoms with Gasteiger partial charge in [-0.3, -0.25) is 0 Å². The van der Waals surface area contributed by atoms with Gasteiger partial charge in [0.25, 0.3) is 0 Å². The average Bonchev–Trinajstić information content (AvgIpc) is 2.25. The van der Waals surface area contributed by atoms with E-state index in [1.165, 1.54) is 0 Å². The van der Waals surface area contributed by atoms with E-state index in [0.29, 0.717) is 17.9 Å². The second-order valence-corrected chi connectivity index (χ2v) is 4.93. The lowest BCUT2D eigenvalue weighted by Gasteiger charge is -2.13. The summed E-state index contributed by atoms with van der Waals surface area (Å²) >= 11 is 7.61. The van der Waals surface area contributed by atoms with E-state index in [4.69, 9.17) is 11.6 Å². The van der Waals surface area contributed by atoms with E-state index in [1.807, 2.05) is 0 Å². The van der Waals surface area contributed by atoms with E-state index in [1.54, 1.807) is 11.8 Å². The number of rotatable bonds is 7. The number of anilines is 2. The first kappa shape index (κ1) is 14.3. The summed E-state index contributed by atoms with van der Waals surface area (Å²) in [5.41, 5.74) is 0. The molecular formula is C10H18ClN5S. The van der Waals surface area contributed by atoms with Crippen LogP contribution in [0, 0.1) is 0 Å². The monoisotopic (exact) mass is 275 g/mol.